The van der Waals surface area contributed by atoms with Crippen molar-refractivity contribution >= 4 is 5.97 Å². The van der Waals surface area contributed by atoms with Crippen LogP contribution in [0.25, 0.3) is 0 Å². The fourth-order valence-corrected chi connectivity index (χ4v) is 6.98. The van der Waals surface area contributed by atoms with Crippen LogP contribution < -0.4 is 0 Å². The molecule has 1 aliphatic heterocycles. The molecule has 2 heterocycles. The molecule has 3 saturated carbocycles. The first-order chi connectivity index (χ1) is 11.2. The Morgan fingerprint density at radius 1 is 0.957 bits per heavy atom. The Morgan fingerprint density at radius 3 is 2.52 bits per heavy atom. The molecule has 23 heavy (non-hydrogen) atoms. The van der Waals surface area contributed by atoms with Gasteiger partial charge >= 0.3 is 5.97 Å². The van der Waals surface area contributed by atoms with Crippen molar-refractivity contribution in [2.75, 3.05) is 0 Å². The number of aliphatic carboxylic acids is 1. The van der Waals surface area contributed by atoms with E-state index in [2.05, 4.69) is 15.7 Å². The largest absolute Gasteiger partial charge is 0.481 e. The Labute approximate surface area is 137 Å². The number of carboxylic acid groups (broad SMARTS) is 1. The smallest absolute Gasteiger partial charge is 0.306 e. The first kappa shape index (κ1) is 14.1. The topological polar surface area (TPSA) is 55.1 Å². The zero-order valence-electron chi connectivity index (χ0n) is 13.6. The average molecular weight is 314 g/mol. The Hall–Kier alpha value is -1.32. The molecule has 3 fully saturated rings. The quantitative estimate of drug-likeness (QED) is 0.862. The normalized spacial score (nSPS) is 44.8. The summed E-state index contributed by atoms with van der Waals surface area (Å²) in [4.78, 5) is 16.1. The van der Waals surface area contributed by atoms with Gasteiger partial charge in [-0.05, 0) is 74.5 Å². The monoisotopic (exact) mass is 314 g/mol. The number of nitrogens with zero attached hydrogens (tertiary/aromatic N) is 2. The first-order valence-electron chi connectivity index (χ1n) is 9.48. The van der Waals surface area contributed by atoms with Gasteiger partial charge < -0.3 is 9.67 Å². The first-order valence-corrected chi connectivity index (χ1v) is 9.48. The standard InChI is InChI=1S/C19H26N2O2/c22-19(23)16-4-3-11-12-5-7-17-15(13(12)1-2-14(11)16)6-8-18-20-9-10-21(17)18/h9-17H,1-8H2,(H,22,23)/t11-,12-,13-,14-,15+,16+,17?/m0/s1. The van der Waals surface area contributed by atoms with Crippen LogP contribution in [0.3, 0.4) is 0 Å². The van der Waals surface area contributed by atoms with Crippen LogP contribution in [0.5, 0.6) is 0 Å². The predicted molar refractivity (Wildman–Crippen MR) is 85.9 cm³/mol. The van der Waals surface area contributed by atoms with Crippen molar-refractivity contribution in [2.24, 2.45) is 35.5 Å². The van der Waals surface area contributed by atoms with Crippen molar-refractivity contribution < 1.29 is 9.90 Å². The fourth-order valence-electron chi connectivity index (χ4n) is 6.98. The lowest BCUT2D eigenvalue weighted by Crippen LogP contribution is -2.45. The van der Waals surface area contributed by atoms with Crippen molar-refractivity contribution in [1.29, 1.82) is 0 Å². The summed E-state index contributed by atoms with van der Waals surface area (Å²) in [5.74, 6) is 4.29. The highest BCUT2D eigenvalue weighted by Crippen LogP contribution is 2.59. The molecule has 5 rings (SSSR count). The van der Waals surface area contributed by atoms with Crippen LogP contribution in [-0.2, 0) is 11.2 Å². The molecule has 1 aromatic heterocycles. The highest BCUT2D eigenvalue weighted by Gasteiger charge is 2.53. The molecular formula is C19H26N2O2. The molecule has 0 amide bonds. The zero-order valence-corrected chi connectivity index (χ0v) is 13.6. The Balaban J connectivity index is 1.41. The van der Waals surface area contributed by atoms with E-state index in [0.29, 0.717) is 17.9 Å². The average Bonchev–Trinajstić information content (AvgIpc) is 3.20. The second kappa shape index (κ2) is 5.09. The number of aromatic nitrogens is 2. The molecule has 7 atom stereocenters. The van der Waals surface area contributed by atoms with Crippen LogP contribution in [0.4, 0.5) is 0 Å². The van der Waals surface area contributed by atoms with E-state index in [9.17, 15) is 9.90 Å². The second-order valence-corrected chi connectivity index (χ2v) is 8.35. The third kappa shape index (κ3) is 1.96. The number of aryl methyl sites for hydroxylation is 1. The molecule has 4 aliphatic rings. The van der Waals surface area contributed by atoms with Gasteiger partial charge in [0.25, 0.3) is 0 Å². The molecule has 1 unspecified atom stereocenters. The maximum absolute atomic E-state index is 11.5. The number of carboxylic acids is 1. The second-order valence-electron chi connectivity index (χ2n) is 8.35. The van der Waals surface area contributed by atoms with Gasteiger partial charge in [-0.1, -0.05) is 0 Å². The lowest BCUT2D eigenvalue weighted by Gasteiger charge is -2.52. The van der Waals surface area contributed by atoms with Crippen LogP contribution in [0.2, 0.25) is 0 Å². The van der Waals surface area contributed by atoms with Gasteiger partial charge in [0.05, 0.1) is 5.92 Å². The van der Waals surface area contributed by atoms with Gasteiger partial charge in [-0.2, -0.15) is 0 Å². The number of hydrogen-bond donors (Lipinski definition) is 1. The SMILES string of the molecule is O=C(O)[C@@H]1CC[C@H]2[C@@H]3CCC4[C@H](CCc5nccn54)[C@H]3CC[C@@H]21. The molecule has 3 aliphatic carbocycles. The zero-order chi connectivity index (χ0) is 15.6. The fraction of sp³-hybridized carbons (Fsp3) is 0.789. The van der Waals surface area contributed by atoms with Crippen molar-refractivity contribution in [3.8, 4) is 0 Å². The minimum Gasteiger partial charge on any atom is -0.481 e. The van der Waals surface area contributed by atoms with E-state index in [1.54, 1.807) is 0 Å². The lowest BCUT2D eigenvalue weighted by atomic mass is 9.56. The van der Waals surface area contributed by atoms with E-state index in [-0.39, 0.29) is 5.92 Å². The third-order valence-electron chi connectivity index (χ3n) is 7.78. The van der Waals surface area contributed by atoms with Crippen LogP contribution in [0.1, 0.15) is 56.8 Å². The summed E-state index contributed by atoms with van der Waals surface area (Å²) in [6.45, 7) is 0. The molecule has 0 aromatic carbocycles. The summed E-state index contributed by atoms with van der Waals surface area (Å²) in [7, 11) is 0. The van der Waals surface area contributed by atoms with Gasteiger partial charge in [0, 0.05) is 24.9 Å². The maximum Gasteiger partial charge on any atom is 0.306 e. The molecule has 1 N–H and O–H groups in total. The summed E-state index contributed by atoms with van der Waals surface area (Å²) in [5, 5.41) is 9.51. The van der Waals surface area contributed by atoms with Gasteiger partial charge in [-0.3, -0.25) is 4.79 Å². The van der Waals surface area contributed by atoms with Crippen molar-refractivity contribution in [3.63, 3.8) is 0 Å². The molecule has 124 valence electrons. The molecule has 0 radical (unpaired) electrons. The number of rotatable bonds is 1. The van der Waals surface area contributed by atoms with Crippen LogP contribution >= 0.6 is 0 Å². The molecule has 4 nitrogen and oxygen atoms in total. The number of carbonyl (C=O) groups is 1. The highest BCUT2D eigenvalue weighted by atomic mass is 16.4. The third-order valence-corrected chi connectivity index (χ3v) is 7.78. The summed E-state index contributed by atoms with van der Waals surface area (Å²) in [6.07, 6.45) is 13.7. The predicted octanol–water partition coefficient (Wildman–Crippen LogP) is 3.53. The number of hydrogen-bond acceptors (Lipinski definition) is 2. The van der Waals surface area contributed by atoms with Gasteiger partial charge in [0.2, 0.25) is 0 Å². The molecule has 0 saturated heterocycles. The Bertz CT molecular complexity index is 625. The summed E-state index contributed by atoms with van der Waals surface area (Å²) < 4.78 is 2.46. The van der Waals surface area contributed by atoms with E-state index in [4.69, 9.17) is 0 Å². The Kier molecular flexibility index (Phi) is 3.11. The van der Waals surface area contributed by atoms with Gasteiger partial charge in [-0.25, -0.2) is 4.98 Å². The van der Waals surface area contributed by atoms with Crippen molar-refractivity contribution in [1.82, 2.24) is 9.55 Å². The number of imidazole rings is 1. The van der Waals surface area contributed by atoms with Gasteiger partial charge in [0.1, 0.15) is 5.82 Å². The molecular weight excluding hydrogens is 288 g/mol. The minimum absolute atomic E-state index is 0.0507. The summed E-state index contributed by atoms with van der Waals surface area (Å²) in [5.41, 5.74) is 0. The molecule has 0 bridgehead atoms. The molecule has 4 heteroatoms. The van der Waals surface area contributed by atoms with E-state index >= 15 is 0 Å². The molecule has 1 aromatic rings. The highest BCUT2D eigenvalue weighted by molar-refractivity contribution is 5.70. The summed E-state index contributed by atoms with van der Waals surface area (Å²) in [6, 6.07) is 0.663. The van der Waals surface area contributed by atoms with Crippen LogP contribution in [0.15, 0.2) is 12.4 Å². The van der Waals surface area contributed by atoms with Crippen molar-refractivity contribution in [3.05, 3.63) is 18.2 Å². The van der Waals surface area contributed by atoms with Crippen molar-refractivity contribution in [2.45, 2.75) is 57.4 Å². The van der Waals surface area contributed by atoms with E-state index < -0.39 is 5.97 Å². The Morgan fingerprint density at radius 2 is 1.65 bits per heavy atom. The maximum atomic E-state index is 11.5. The number of fused-ring (bicyclic) bond motifs is 7. The van der Waals surface area contributed by atoms with Gasteiger partial charge in [0.15, 0.2) is 0 Å². The van der Waals surface area contributed by atoms with E-state index in [1.807, 2.05) is 6.20 Å². The summed E-state index contributed by atoms with van der Waals surface area (Å²) >= 11 is 0. The van der Waals surface area contributed by atoms with Crippen LogP contribution in [-0.4, -0.2) is 20.6 Å². The lowest BCUT2D eigenvalue weighted by molar-refractivity contribution is -0.144. The molecule has 0 spiro atoms. The minimum atomic E-state index is -0.537. The van der Waals surface area contributed by atoms with Crippen LogP contribution in [0, 0.1) is 35.5 Å². The van der Waals surface area contributed by atoms with Gasteiger partial charge in [-0.15, -0.1) is 0 Å². The van der Waals surface area contributed by atoms with E-state index in [0.717, 1.165) is 43.4 Å². The van der Waals surface area contributed by atoms with E-state index in [1.165, 1.54) is 31.5 Å².